The minimum Gasteiger partial charge on any atom is -0.351 e. The average Bonchev–Trinajstić information content (AvgIpc) is 2.30. The molecule has 0 aromatic heterocycles. The molecule has 2 unspecified atom stereocenters. The zero-order valence-electron chi connectivity index (χ0n) is 11.9. The van der Waals surface area contributed by atoms with Gasteiger partial charge in [0.25, 0.3) is 0 Å². The van der Waals surface area contributed by atoms with Gasteiger partial charge in [-0.2, -0.15) is 0 Å². The van der Waals surface area contributed by atoms with Crippen LogP contribution in [0.5, 0.6) is 0 Å². The molecule has 2 bridgehead atoms. The maximum atomic E-state index is 12.0. The maximum Gasteiger partial charge on any atom is 0.239 e. The topological polar surface area (TPSA) is 75.4 Å². The van der Waals surface area contributed by atoms with Gasteiger partial charge in [-0.25, -0.2) is 0 Å². The van der Waals surface area contributed by atoms with Crippen molar-refractivity contribution in [1.82, 2.24) is 10.2 Å². The number of carbonyl (C=O) groups is 2. The van der Waals surface area contributed by atoms with Gasteiger partial charge in [-0.3, -0.25) is 9.59 Å². The van der Waals surface area contributed by atoms with Crippen LogP contribution in [0.25, 0.3) is 0 Å². The van der Waals surface area contributed by atoms with Crippen molar-refractivity contribution in [1.29, 1.82) is 0 Å². The number of nitrogens with zero attached hydrogens (tertiary/aromatic N) is 1. The van der Waals surface area contributed by atoms with Gasteiger partial charge in [0.1, 0.15) is 0 Å². The number of rotatable bonds is 3. The lowest BCUT2D eigenvalue weighted by Crippen LogP contribution is -2.55. The van der Waals surface area contributed by atoms with Crippen molar-refractivity contribution in [3.63, 3.8) is 0 Å². The molecular formula is C14H25N3O2. The van der Waals surface area contributed by atoms with Gasteiger partial charge in [-0.05, 0) is 37.5 Å². The summed E-state index contributed by atoms with van der Waals surface area (Å²) in [5.41, 5.74) is 6.07. The number of nitrogens with two attached hydrogens (primary N) is 1. The number of fused-ring (bicyclic) bond motifs is 2. The molecular weight excluding hydrogens is 242 g/mol. The number of hydrogen-bond donors (Lipinski definition) is 2. The Labute approximate surface area is 114 Å². The molecule has 2 saturated carbocycles. The molecule has 2 atom stereocenters. The fourth-order valence-corrected chi connectivity index (χ4v) is 3.58. The van der Waals surface area contributed by atoms with Gasteiger partial charge in [-0.1, -0.05) is 6.42 Å². The third kappa shape index (κ3) is 3.47. The predicted molar refractivity (Wildman–Crippen MR) is 73.3 cm³/mol. The van der Waals surface area contributed by atoms with E-state index >= 15 is 0 Å². The van der Waals surface area contributed by atoms with Gasteiger partial charge >= 0.3 is 0 Å². The van der Waals surface area contributed by atoms with E-state index in [0.717, 1.165) is 25.7 Å². The maximum absolute atomic E-state index is 12.0. The fraction of sp³-hybridized carbons (Fsp3) is 0.857. The van der Waals surface area contributed by atoms with Crippen molar-refractivity contribution in [3.8, 4) is 0 Å². The van der Waals surface area contributed by atoms with Gasteiger partial charge in [0.15, 0.2) is 0 Å². The Balaban J connectivity index is 1.91. The summed E-state index contributed by atoms with van der Waals surface area (Å²) in [7, 11) is 1.65. The van der Waals surface area contributed by atoms with Crippen LogP contribution in [-0.2, 0) is 9.59 Å². The lowest BCUT2D eigenvalue weighted by atomic mass is 9.67. The first-order chi connectivity index (χ1) is 8.97. The number of carbonyl (C=O) groups excluding carboxylic acids is 2. The molecule has 2 amide bonds. The number of likely N-dealkylation sites (N-methyl/N-ethyl adjacent to an activating group) is 1. The summed E-state index contributed by atoms with van der Waals surface area (Å²) in [6.45, 7) is 1.62. The Morgan fingerprint density at radius 1 is 1.26 bits per heavy atom. The quantitative estimate of drug-likeness (QED) is 0.781. The Kier molecular flexibility index (Phi) is 4.45. The first-order valence-corrected chi connectivity index (χ1v) is 7.24. The van der Waals surface area contributed by atoms with E-state index in [4.69, 9.17) is 5.73 Å². The Morgan fingerprint density at radius 2 is 1.84 bits per heavy atom. The Bertz CT molecular complexity index is 345. The van der Waals surface area contributed by atoms with Crippen LogP contribution in [0, 0.1) is 11.8 Å². The monoisotopic (exact) mass is 267 g/mol. The second kappa shape index (κ2) is 5.90. The summed E-state index contributed by atoms with van der Waals surface area (Å²) in [5.74, 6) is 0.916. The van der Waals surface area contributed by atoms with Crippen molar-refractivity contribution in [3.05, 3.63) is 0 Å². The van der Waals surface area contributed by atoms with Crippen molar-refractivity contribution in [2.45, 2.75) is 51.1 Å². The predicted octanol–water partition coefficient (Wildman–Crippen LogP) is 0.487. The number of nitrogens with one attached hydrogen (secondary N) is 1. The van der Waals surface area contributed by atoms with Crippen LogP contribution in [0.3, 0.4) is 0 Å². The molecule has 0 aromatic carbocycles. The molecule has 0 heterocycles. The van der Waals surface area contributed by atoms with E-state index in [9.17, 15) is 9.59 Å². The summed E-state index contributed by atoms with van der Waals surface area (Å²) in [5, 5.41) is 3.14. The Morgan fingerprint density at radius 3 is 2.37 bits per heavy atom. The normalized spacial score (nSPS) is 33.6. The second-order valence-corrected chi connectivity index (χ2v) is 6.15. The summed E-state index contributed by atoms with van der Waals surface area (Å²) in [6, 6.07) is 0.560. The molecule has 5 nitrogen and oxygen atoms in total. The van der Waals surface area contributed by atoms with Crippen LogP contribution in [0.1, 0.15) is 39.0 Å². The van der Waals surface area contributed by atoms with Crippen molar-refractivity contribution < 1.29 is 9.59 Å². The molecule has 2 aliphatic carbocycles. The second-order valence-electron chi connectivity index (χ2n) is 6.15. The largest absolute Gasteiger partial charge is 0.351 e. The molecule has 0 radical (unpaired) electrons. The molecule has 0 aromatic rings. The SMILES string of the molecule is CC(=O)N(C)CC(=O)NC1C2CCCC1CC(N)C2. The molecule has 0 spiro atoms. The molecule has 19 heavy (non-hydrogen) atoms. The van der Waals surface area contributed by atoms with Crippen molar-refractivity contribution in [2.24, 2.45) is 17.6 Å². The number of amides is 2. The molecule has 2 rings (SSSR count). The van der Waals surface area contributed by atoms with Gasteiger partial charge < -0.3 is 16.0 Å². The van der Waals surface area contributed by atoms with E-state index < -0.39 is 0 Å². The molecule has 2 aliphatic rings. The van der Waals surface area contributed by atoms with Crippen molar-refractivity contribution in [2.75, 3.05) is 13.6 Å². The minimum absolute atomic E-state index is 0.0462. The van der Waals surface area contributed by atoms with Gasteiger partial charge in [0.05, 0.1) is 6.54 Å². The summed E-state index contributed by atoms with van der Waals surface area (Å²) >= 11 is 0. The lowest BCUT2D eigenvalue weighted by molar-refractivity contribution is -0.134. The smallest absolute Gasteiger partial charge is 0.239 e. The highest BCUT2D eigenvalue weighted by atomic mass is 16.2. The van der Waals surface area contributed by atoms with Crippen LogP contribution in [-0.4, -0.2) is 42.4 Å². The zero-order valence-corrected chi connectivity index (χ0v) is 11.9. The van der Waals surface area contributed by atoms with Crippen LogP contribution in [0.4, 0.5) is 0 Å². The summed E-state index contributed by atoms with van der Waals surface area (Å²) in [6.07, 6.45) is 5.62. The first kappa shape index (κ1) is 14.3. The van der Waals surface area contributed by atoms with Crippen LogP contribution >= 0.6 is 0 Å². The van der Waals surface area contributed by atoms with E-state index in [0.29, 0.717) is 17.9 Å². The average molecular weight is 267 g/mol. The molecule has 0 aliphatic heterocycles. The van der Waals surface area contributed by atoms with E-state index in [1.807, 2.05) is 0 Å². The highest BCUT2D eigenvalue weighted by Crippen LogP contribution is 2.39. The third-order valence-corrected chi connectivity index (χ3v) is 4.62. The highest BCUT2D eigenvalue weighted by Gasteiger charge is 2.39. The fourth-order valence-electron chi connectivity index (χ4n) is 3.58. The van der Waals surface area contributed by atoms with Crippen molar-refractivity contribution >= 4 is 11.8 Å². The van der Waals surface area contributed by atoms with Crippen LogP contribution in [0.15, 0.2) is 0 Å². The molecule has 0 saturated heterocycles. The Hall–Kier alpha value is -1.10. The molecule has 5 heteroatoms. The standard InChI is InChI=1S/C14H25N3O2/c1-9(18)17(2)8-13(19)16-14-10-4-3-5-11(14)7-12(15)6-10/h10-12,14H,3-8,15H2,1-2H3,(H,16,19). The van der Waals surface area contributed by atoms with E-state index in [1.54, 1.807) is 7.05 Å². The number of hydrogen-bond acceptors (Lipinski definition) is 3. The molecule has 2 fully saturated rings. The van der Waals surface area contributed by atoms with Gasteiger partial charge in [0.2, 0.25) is 11.8 Å². The van der Waals surface area contributed by atoms with E-state index in [2.05, 4.69) is 5.32 Å². The van der Waals surface area contributed by atoms with Crippen LogP contribution in [0.2, 0.25) is 0 Å². The first-order valence-electron chi connectivity index (χ1n) is 7.24. The van der Waals surface area contributed by atoms with E-state index in [1.165, 1.54) is 18.2 Å². The lowest BCUT2D eigenvalue weighted by Gasteiger charge is -2.45. The minimum atomic E-state index is -0.0824. The third-order valence-electron chi connectivity index (χ3n) is 4.62. The highest BCUT2D eigenvalue weighted by molar-refractivity contribution is 5.83. The van der Waals surface area contributed by atoms with Gasteiger partial charge in [0, 0.05) is 26.1 Å². The molecule has 3 N–H and O–H groups in total. The van der Waals surface area contributed by atoms with E-state index in [-0.39, 0.29) is 24.4 Å². The summed E-state index contributed by atoms with van der Waals surface area (Å²) in [4.78, 5) is 24.6. The van der Waals surface area contributed by atoms with Crippen LogP contribution < -0.4 is 11.1 Å². The summed E-state index contributed by atoms with van der Waals surface area (Å²) < 4.78 is 0. The molecule has 108 valence electrons. The zero-order chi connectivity index (χ0) is 14.0. The van der Waals surface area contributed by atoms with Gasteiger partial charge in [-0.15, -0.1) is 0 Å².